The monoisotopic (exact) mass is 329 g/mol. The van der Waals surface area contributed by atoms with Crippen LogP contribution in [0.3, 0.4) is 0 Å². The molecule has 0 fully saturated rings. The van der Waals surface area contributed by atoms with Crippen molar-refractivity contribution in [2.75, 3.05) is 4.72 Å². The lowest BCUT2D eigenvalue weighted by molar-refractivity contribution is 0.0696. The zero-order valence-corrected chi connectivity index (χ0v) is 12.0. The molecule has 0 unspecified atom stereocenters. The van der Waals surface area contributed by atoms with Crippen LogP contribution in [0.15, 0.2) is 47.4 Å². The van der Waals surface area contributed by atoms with Crippen LogP contribution in [0.4, 0.5) is 10.1 Å². The third kappa shape index (κ3) is 3.32. The van der Waals surface area contributed by atoms with E-state index in [9.17, 15) is 17.6 Å². The predicted molar refractivity (Wildman–Crippen MR) is 75.6 cm³/mol. The summed E-state index contributed by atoms with van der Waals surface area (Å²) in [6, 6.07) is 8.44. The average molecular weight is 330 g/mol. The largest absolute Gasteiger partial charge is 0.478 e. The van der Waals surface area contributed by atoms with E-state index in [-0.39, 0.29) is 21.2 Å². The van der Waals surface area contributed by atoms with Crippen LogP contribution in [0.5, 0.6) is 0 Å². The summed E-state index contributed by atoms with van der Waals surface area (Å²) in [5, 5.41) is 8.54. The van der Waals surface area contributed by atoms with Gasteiger partial charge in [0.05, 0.1) is 21.2 Å². The molecule has 0 saturated heterocycles. The maximum absolute atomic E-state index is 13.7. The molecule has 2 aromatic carbocycles. The Morgan fingerprint density at radius 1 is 1.14 bits per heavy atom. The van der Waals surface area contributed by atoms with Crippen LogP contribution in [-0.2, 0) is 10.0 Å². The number of hydrogen-bond donors (Lipinski definition) is 2. The Labute approximate surface area is 125 Å². The van der Waals surface area contributed by atoms with Crippen LogP contribution in [0.2, 0.25) is 5.02 Å². The van der Waals surface area contributed by atoms with E-state index >= 15 is 0 Å². The topological polar surface area (TPSA) is 83.5 Å². The van der Waals surface area contributed by atoms with Gasteiger partial charge in [0.15, 0.2) is 5.82 Å². The van der Waals surface area contributed by atoms with E-state index in [1.165, 1.54) is 18.2 Å². The molecule has 21 heavy (non-hydrogen) atoms. The fourth-order valence-electron chi connectivity index (χ4n) is 1.56. The van der Waals surface area contributed by atoms with Crippen molar-refractivity contribution >= 4 is 33.3 Å². The number of carbonyl (C=O) groups is 1. The van der Waals surface area contributed by atoms with Gasteiger partial charge in [0.2, 0.25) is 0 Å². The second kappa shape index (κ2) is 5.71. The van der Waals surface area contributed by atoms with Gasteiger partial charge >= 0.3 is 5.97 Å². The number of hydrogen-bond acceptors (Lipinski definition) is 3. The van der Waals surface area contributed by atoms with Crippen molar-refractivity contribution in [1.29, 1.82) is 0 Å². The summed E-state index contributed by atoms with van der Waals surface area (Å²) in [5.74, 6) is -2.06. The Kier molecular flexibility index (Phi) is 4.15. The van der Waals surface area contributed by atoms with Crippen molar-refractivity contribution in [1.82, 2.24) is 0 Å². The van der Waals surface area contributed by atoms with Gasteiger partial charge in [-0.3, -0.25) is 4.72 Å². The normalized spacial score (nSPS) is 11.1. The molecule has 110 valence electrons. The molecule has 0 radical (unpaired) electrons. The maximum Gasteiger partial charge on any atom is 0.335 e. The number of carboxylic acid groups (broad SMARTS) is 1. The SMILES string of the molecule is O=C(O)c1ccc(S(=O)(=O)Nc2cccc(Cl)c2F)cc1. The molecule has 0 heterocycles. The van der Waals surface area contributed by atoms with Crippen molar-refractivity contribution in [3.63, 3.8) is 0 Å². The standard InChI is InChI=1S/C13H9ClFNO4S/c14-10-2-1-3-11(12(10)15)16-21(19,20)9-6-4-8(5-7-9)13(17)18/h1-7,16H,(H,17,18). The number of halogens is 2. The van der Waals surface area contributed by atoms with Crippen LogP contribution >= 0.6 is 11.6 Å². The van der Waals surface area contributed by atoms with Crippen LogP contribution in [-0.4, -0.2) is 19.5 Å². The van der Waals surface area contributed by atoms with E-state index in [1.807, 2.05) is 0 Å². The van der Waals surface area contributed by atoms with Crippen LogP contribution in [0.25, 0.3) is 0 Å². The molecular formula is C13H9ClFNO4S. The number of sulfonamides is 1. The van der Waals surface area contributed by atoms with Gasteiger partial charge in [-0.1, -0.05) is 17.7 Å². The van der Waals surface area contributed by atoms with Crippen LogP contribution in [0, 0.1) is 5.82 Å². The molecule has 0 amide bonds. The molecule has 0 spiro atoms. The smallest absolute Gasteiger partial charge is 0.335 e. The molecule has 2 aromatic rings. The molecule has 5 nitrogen and oxygen atoms in total. The van der Waals surface area contributed by atoms with E-state index in [4.69, 9.17) is 16.7 Å². The summed E-state index contributed by atoms with van der Waals surface area (Å²) in [7, 11) is -4.04. The van der Waals surface area contributed by atoms with Gasteiger partial charge in [0, 0.05) is 0 Å². The van der Waals surface area contributed by atoms with E-state index in [0.29, 0.717) is 0 Å². The number of aromatic carboxylic acids is 1. The molecule has 0 aliphatic heterocycles. The molecule has 0 aliphatic carbocycles. The number of carboxylic acids is 1. The average Bonchev–Trinajstić information content (AvgIpc) is 2.44. The van der Waals surface area contributed by atoms with Crippen molar-refractivity contribution in [2.45, 2.75) is 4.90 Å². The van der Waals surface area contributed by atoms with E-state index < -0.39 is 21.8 Å². The zero-order chi connectivity index (χ0) is 15.6. The highest BCUT2D eigenvalue weighted by Gasteiger charge is 2.17. The molecule has 0 aliphatic rings. The Hall–Kier alpha value is -2.12. The summed E-state index contributed by atoms with van der Waals surface area (Å²) >= 11 is 5.57. The van der Waals surface area contributed by atoms with E-state index in [1.54, 1.807) is 0 Å². The van der Waals surface area contributed by atoms with Crippen molar-refractivity contribution < 1.29 is 22.7 Å². The van der Waals surface area contributed by atoms with Gasteiger partial charge in [0.1, 0.15) is 0 Å². The number of rotatable bonds is 4. The van der Waals surface area contributed by atoms with Gasteiger partial charge in [-0.15, -0.1) is 0 Å². The minimum atomic E-state index is -4.04. The summed E-state index contributed by atoms with van der Waals surface area (Å²) in [6.07, 6.45) is 0. The Balaban J connectivity index is 2.34. The number of benzene rings is 2. The summed E-state index contributed by atoms with van der Waals surface area (Å²) in [4.78, 5) is 10.5. The Morgan fingerprint density at radius 2 is 1.76 bits per heavy atom. The first-order valence-corrected chi connectivity index (χ1v) is 7.47. The molecular weight excluding hydrogens is 321 g/mol. The van der Waals surface area contributed by atoms with Crippen molar-refractivity contribution in [3.05, 3.63) is 58.9 Å². The van der Waals surface area contributed by atoms with E-state index in [0.717, 1.165) is 24.3 Å². The quantitative estimate of drug-likeness (QED) is 0.903. The molecule has 0 bridgehead atoms. The minimum absolute atomic E-state index is 0.0529. The second-order valence-electron chi connectivity index (χ2n) is 4.04. The van der Waals surface area contributed by atoms with Crippen LogP contribution < -0.4 is 4.72 Å². The van der Waals surface area contributed by atoms with Gasteiger partial charge in [0.25, 0.3) is 10.0 Å². The van der Waals surface area contributed by atoms with Crippen molar-refractivity contribution in [2.24, 2.45) is 0 Å². The lowest BCUT2D eigenvalue weighted by Gasteiger charge is -2.09. The number of anilines is 1. The first-order valence-electron chi connectivity index (χ1n) is 5.61. The van der Waals surface area contributed by atoms with Crippen molar-refractivity contribution in [3.8, 4) is 0 Å². The van der Waals surface area contributed by atoms with Crippen LogP contribution in [0.1, 0.15) is 10.4 Å². The highest BCUT2D eigenvalue weighted by molar-refractivity contribution is 7.92. The van der Waals surface area contributed by atoms with E-state index in [2.05, 4.69) is 4.72 Å². The third-order valence-corrected chi connectivity index (χ3v) is 4.28. The first-order chi connectivity index (χ1) is 9.81. The highest BCUT2D eigenvalue weighted by atomic mass is 35.5. The lowest BCUT2D eigenvalue weighted by Crippen LogP contribution is -2.14. The third-order valence-electron chi connectivity index (χ3n) is 2.61. The molecule has 2 N–H and O–H groups in total. The fourth-order valence-corrected chi connectivity index (χ4v) is 2.80. The predicted octanol–water partition coefficient (Wildman–Crippen LogP) is 2.98. The van der Waals surface area contributed by atoms with Gasteiger partial charge in [-0.05, 0) is 36.4 Å². The molecule has 8 heteroatoms. The summed E-state index contributed by atoms with van der Waals surface area (Å²) < 4.78 is 39.9. The fraction of sp³-hybridized carbons (Fsp3) is 0. The summed E-state index contributed by atoms with van der Waals surface area (Å²) in [5.41, 5.74) is -0.340. The minimum Gasteiger partial charge on any atom is -0.478 e. The first kappa shape index (κ1) is 15.3. The lowest BCUT2D eigenvalue weighted by atomic mass is 10.2. The highest BCUT2D eigenvalue weighted by Crippen LogP contribution is 2.24. The van der Waals surface area contributed by atoms with Gasteiger partial charge < -0.3 is 5.11 Å². The molecule has 0 atom stereocenters. The summed E-state index contributed by atoms with van der Waals surface area (Å²) in [6.45, 7) is 0. The molecule has 0 saturated carbocycles. The molecule has 0 aromatic heterocycles. The Morgan fingerprint density at radius 3 is 2.33 bits per heavy atom. The zero-order valence-electron chi connectivity index (χ0n) is 10.4. The maximum atomic E-state index is 13.7. The number of nitrogens with one attached hydrogen (secondary N) is 1. The van der Waals surface area contributed by atoms with Gasteiger partial charge in [-0.2, -0.15) is 0 Å². The van der Waals surface area contributed by atoms with Gasteiger partial charge in [-0.25, -0.2) is 17.6 Å². The second-order valence-corrected chi connectivity index (χ2v) is 6.13. The Bertz CT molecular complexity index is 790. The molecule has 2 rings (SSSR count).